The number of halogens is 1. The van der Waals surface area contributed by atoms with Crippen LogP contribution in [0.3, 0.4) is 0 Å². The third-order valence-corrected chi connectivity index (χ3v) is 5.07. The van der Waals surface area contributed by atoms with Gasteiger partial charge >= 0.3 is 0 Å². The molecular formula is C18H13FN2O4S. The molecule has 0 atom stereocenters. The second-order valence-corrected chi connectivity index (χ2v) is 7.09. The number of nitro benzene ring substituents is 1. The van der Waals surface area contributed by atoms with Gasteiger partial charge < -0.3 is 0 Å². The summed E-state index contributed by atoms with van der Waals surface area (Å²) in [5.74, 6) is -0.530. The van der Waals surface area contributed by atoms with Gasteiger partial charge in [-0.05, 0) is 48.0 Å². The van der Waals surface area contributed by atoms with Gasteiger partial charge in [-0.1, -0.05) is 24.3 Å². The van der Waals surface area contributed by atoms with E-state index in [1.54, 1.807) is 30.3 Å². The number of rotatable bonds is 5. The van der Waals surface area contributed by atoms with Gasteiger partial charge in [0.25, 0.3) is 15.7 Å². The van der Waals surface area contributed by atoms with Crippen LogP contribution in [0.4, 0.5) is 15.8 Å². The van der Waals surface area contributed by atoms with Crippen LogP contribution < -0.4 is 4.72 Å². The van der Waals surface area contributed by atoms with Crippen LogP contribution in [0, 0.1) is 15.9 Å². The summed E-state index contributed by atoms with van der Waals surface area (Å²) in [5.41, 5.74) is 1.27. The molecule has 0 heterocycles. The highest BCUT2D eigenvalue weighted by Crippen LogP contribution is 2.30. The van der Waals surface area contributed by atoms with Gasteiger partial charge in [0, 0.05) is 11.8 Å². The molecule has 0 saturated carbocycles. The van der Waals surface area contributed by atoms with E-state index in [1.807, 2.05) is 0 Å². The van der Waals surface area contributed by atoms with E-state index in [-0.39, 0.29) is 16.3 Å². The number of hydrogen-bond donors (Lipinski definition) is 1. The molecule has 1 N–H and O–H groups in total. The first-order valence-electron chi connectivity index (χ1n) is 7.49. The van der Waals surface area contributed by atoms with E-state index in [1.165, 1.54) is 30.3 Å². The summed E-state index contributed by atoms with van der Waals surface area (Å²) < 4.78 is 39.9. The van der Waals surface area contributed by atoms with Crippen molar-refractivity contribution in [3.8, 4) is 11.1 Å². The lowest BCUT2D eigenvalue weighted by molar-refractivity contribution is -0.384. The fourth-order valence-electron chi connectivity index (χ4n) is 2.42. The van der Waals surface area contributed by atoms with Crippen molar-refractivity contribution in [1.82, 2.24) is 0 Å². The molecule has 26 heavy (non-hydrogen) atoms. The van der Waals surface area contributed by atoms with E-state index in [0.29, 0.717) is 11.1 Å². The van der Waals surface area contributed by atoms with Crippen molar-refractivity contribution in [3.63, 3.8) is 0 Å². The molecule has 0 aliphatic rings. The summed E-state index contributed by atoms with van der Waals surface area (Å²) in [6.07, 6.45) is 0. The molecule has 8 heteroatoms. The maximum Gasteiger partial charge on any atom is 0.277 e. The second kappa shape index (κ2) is 6.93. The van der Waals surface area contributed by atoms with Gasteiger partial charge in [-0.15, -0.1) is 0 Å². The van der Waals surface area contributed by atoms with E-state index in [4.69, 9.17) is 0 Å². The van der Waals surface area contributed by atoms with Crippen molar-refractivity contribution in [1.29, 1.82) is 0 Å². The van der Waals surface area contributed by atoms with Gasteiger partial charge in [-0.2, -0.15) is 0 Å². The Hall–Kier alpha value is -3.26. The molecule has 6 nitrogen and oxygen atoms in total. The van der Waals surface area contributed by atoms with E-state index < -0.39 is 20.8 Å². The Kier molecular flexibility index (Phi) is 4.68. The summed E-state index contributed by atoms with van der Waals surface area (Å²) in [6.45, 7) is 0. The summed E-state index contributed by atoms with van der Waals surface area (Å²) in [6, 6.07) is 16.9. The Morgan fingerprint density at radius 1 is 0.885 bits per heavy atom. The van der Waals surface area contributed by atoms with Crippen molar-refractivity contribution in [2.45, 2.75) is 4.90 Å². The molecule has 0 saturated heterocycles. The van der Waals surface area contributed by atoms with Gasteiger partial charge in [0.15, 0.2) is 0 Å². The maximum atomic E-state index is 12.9. The zero-order valence-electron chi connectivity index (χ0n) is 13.3. The van der Waals surface area contributed by atoms with Crippen molar-refractivity contribution < 1.29 is 17.7 Å². The lowest BCUT2D eigenvalue weighted by Crippen LogP contribution is -2.12. The largest absolute Gasteiger partial charge is 0.280 e. The monoisotopic (exact) mass is 372 g/mol. The third-order valence-electron chi connectivity index (χ3n) is 3.67. The SMILES string of the molecule is O=[N+]([O-])c1ccccc1-c1ccc(NS(=O)(=O)c2ccc(F)cc2)cc1. The normalized spacial score (nSPS) is 11.1. The third kappa shape index (κ3) is 3.70. The lowest BCUT2D eigenvalue weighted by Gasteiger charge is -2.09. The zero-order valence-corrected chi connectivity index (χ0v) is 14.1. The number of nitrogens with one attached hydrogen (secondary N) is 1. The number of benzene rings is 3. The number of hydrogen-bond acceptors (Lipinski definition) is 4. The minimum absolute atomic E-state index is 0.0351. The van der Waals surface area contributed by atoms with Crippen LogP contribution in [0.25, 0.3) is 11.1 Å². The van der Waals surface area contributed by atoms with Crippen molar-refractivity contribution >= 4 is 21.4 Å². The minimum Gasteiger partial charge on any atom is -0.280 e. The van der Waals surface area contributed by atoms with Crippen molar-refractivity contribution in [2.24, 2.45) is 0 Å². The van der Waals surface area contributed by atoms with E-state index >= 15 is 0 Å². The average molecular weight is 372 g/mol. The number of nitro groups is 1. The predicted octanol–water partition coefficient (Wildman–Crippen LogP) is 4.20. The first-order chi connectivity index (χ1) is 12.4. The number of anilines is 1. The van der Waals surface area contributed by atoms with Crippen LogP contribution in [0.15, 0.2) is 77.7 Å². The molecule has 0 bridgehead atoms. The van der Waals surface area contributed by atoms with Gasteiger partial charge in [0.05, 0.1) is 15.4 Å². The first-order valence-corrected chi connectivity index (χ1v) is 8.97. The highest BCUT2D eigenvalue weighted by molar-refractivity contribution is 7.92. The predicted molar refractivity (Wildman–Crippen MR) is 95.7 cm³/mol. The molecule has 0 spiro atoms. The summed E-state index contributed by atoms with van der Waals surface area (Å²) >= 11 is 0. The van der Waals surface area contributed by atoms with Crippen LogP contribution in [-0.4, -0.2) is 13.3 Å². The molecule has 0 fully saturated rings. The van der Waals surface area contributed by atoms with Gasteiger partial charge in [-0.3, -0.25) is 14.8 Å². The van der Waals surface area contributed by atoms with E-state index in [0.717, 1.165) is 12.1 Å². The van der Waals surface area contributed by atoms with Crippen LogP contribution >= 0.6 is 0 Å². The summed E-state index contributed by atoms with van der Waals surface area (Å²) in [5, 5.41) is 11.1. The first kappa shape index (κ1) is 17.6. The Morgan fingerprint density at radius 2 is 1.50 bits per heavy atom. The van der Waals surface area contributed by atoms with Gasteiger partial charge in [0.1, 0.15) is 5.82 Å². The molecule has 0 aliphatic carbocycles. The van der Waals surface area contributed by atoms with E-state index in [2.05, 4.69) is 4.72 Å². The molecule has 0 amide bonds. The fraction of sp³-hybridized carbons (Fsp3) is 0. The van der Waals surface area contributed by atoms with Crippen molar-refractivity contribution in [2.75, 3.05) is 4.72 Å². The molecule has 3 rings (SSSR count). The van der Waals surface area contributed by atoms with Crippen LogP contribution in [0.2, 0.25) is 0 Å². The Labute approximate surface area is 149 Å². The standard InChI is InChI=1S/C18H13FN2O4S/c19-14-7-11-16(12-8-14)26(24,25)20-15-9-5-13(6-10-15)17-3-1-2-4-18(17)21(22)23/h1-12,20H. The topological polar surface area (TPSA) is 89.3 Å². The highest BCUT2D eigenvalue weighted by atomic mass is 32.2. The Balaban J connectivity index is 1.87. The average Bonchev–Trinajstić information content (AvgIpc) is 2.62. The lowest BCUT2D eigenvalue weighted by atomic mass is 10.0. The van der Waals surface area contributed by atoms with Gasteiger partial charge in [0.2, 0.25) is 0 Å². The van der Waals surface area contributed by atoms with Gasteiger partial charge in [-0.25, -0.2) is 12.8 Å². The minimum atomic E-state index is -3.85. The maximum absolute atomic E-state index is 12.9. The molecule has 0 unspecified atom stereocenters. The second-order valence-electron chi connectivity index (χ2n) is 5.41. The fourth-order valence-corrected chi connectivity index (χ4v) is 3.48. The molecule has 3 aromatic rings. The van der Waals surface area contributed by atoms with Crippen molar-refractivity contribution in [3.05, 3.63) is 88.7 Å². The molecule has 132 valence electrons. The quantitative estimate of drug-likeness (QED) is 0.537. The van der Waals surface area contributed by atoms with Crippen LogP contribution in [0.1, 0.15) is 0 Å². The molecule has 0 radical (unpaired) electrons. The molecular weight excluding hydrogens is 359 g/mol. The van der Waals surface area contributed by atoms with E-state index in [9.17, 15) is 22.9 Å². The van der Waals surface area contributed by atoms with Crippen LogP contribution in [-0.2, 0) is 10.0 Å². The summed E-state index contributed by atoms with van der Waals surface area (Å²) in [4.78, 5) is 10.6. The zero-order chi connectivity index (χ0) is 18.7. The van der Waals surface area contributed by atoms with Crippen LogP contribution in [0.5, 0.6) is 0 Å². The molecule has 0 aromatic heterocycles. The smallest absolute Gasteiger partial charge is 0.277 e. The number of sulfonamides is 1. The number of para-hydroxylation sites is 1. The highest BCUT2D eigenvalue weighted by Gasteiger charge is 2.16. The number of nitrogens with zero attached hydrogens (tertiary/aromatic N) is 1. The summed E-state index contributed by atoms with van der Waals surface area (Å²) in [7, 11) is -3.85. The Bertz CT molecular complexity index is 1050. The molecule has 3 aromatic carbocycles. The molecule has 0 aliphatic heterocycles. The Morgan fingerprint density at radius 3 is 2.12 bits per heavy atom.